The summed E-state index contributed by atoms with van der Waals surface area (Å²) in [7, 11) is 1.33. The van der Waals surface area contributed by atoms with Crippen LogP contribution in [0.1, 0.15) is 24.2 Å². The molecule has 3 rings (SSSR count). The first kappa shape index (κ1) is 25.4. The number of benzene rings is 2. The van der Waals surface area contributed by atoms with Gasteiger partial charge < -0.3 is 19.3 Å². The maximum atomic E-state index is 11.2. The number of carbonyl (C=O) groups is 1. The molecule has 2 aromatic rings. The molecule has 0 saturated carbocycles. The molecule has 1 N–H and O–H groups in total. The molecule has 1 aliphatic heterocycles. The zero-order valence-corrected chi connectivity index (χ0v) is 19.3. The van der Waals surface area contributed by atoms with Crippen LogP contribution >= 0.6 is 24.0 Å². The smallest absolute Gasteiger partial charge is 0.343 e. The number of esters is 1. The molecule has 1 aliphatic rings. The van der Waals surface area contributed by atoms with E-state index in [9.17, 15) is 9.90 Å². The first-order valence-electron chi connectivity index (χ1n) is 10.0. The van der Waals surface area contributed by atoms with Crippen molar-refractivity contribution in [3.05, 3.63) is 64.7 Å². The van der Waals surface area contributed by atoms with Gasteiger partial charge in [-0.15, -0.1) is 12.4 Å². The van der Waals surface area contributed by atoms with Crippen LogP contribution in [0.2, 0.25) is 5.02 Å². The van der Waals surface area contributed by atoms with Gasteiger partial charge in [-0.1, -0.05) is 35.9 Å². The number of morpholine rings is 1. The summed E-state index contributed by atoms with van der Waals surface area (Å²) in [4.78, 5) is 13.5. The average Bonchev–Trinajstić information content (AvgIpc) is 2.78. The van der Waals surface area contributed by atoms with E-state index in [1.807, 2.05) is 36.4 Å². The molecule has 2 aromatic carbocycles. The van der Waals surface area contributed by atoms with Gasteiger partial charge in [-0.25, -0.2) is 4.79 Å². The van der Waals surface area contributed by atoms with E-state index in [4.69, 9.17) is 21.1 Å². The maximum absolute atomic E-state index is 11.2. The van der Waals surface area contributed by atoms with Crippen molar-refractivity contribution in [2.45, 2.75) is 31.6 Å². The maximum Gasteiger partial charge on any atom is 0.343 e. The minimum atomic E-state index is -0.718. The van der Waals surface area contributed by atoms with Crippen molar-refractivity contribution in [3.8, 4) is 5.75 Å². The molecule has 6 nitrogen and oxygen atoms in total. The molecular formula is C23H29Cl2NO5. The van der Waals surface area contributed by atoms with Crippen molar-refractivity contribution in [1.29, 1.82) is 0 Å². The zero-order valence-electron chi connectivity index (χ0n) is 17.7. The van der Waals surface area contributed by atoms with E-state index in [2.05, 4.69) is 16.6 Å². The van der Waals surface area contributed by atoms with Gasteiger partial charge in [0.15, 0.2) is 6.61 Å². The van der Waals surface area contributed by atoms with E-state index in [0.717, 1.165) is 18.5 Å². The lowest BCUT2D eigenvalue weighted by Crippen LogP contribution is -2.49. The van der Waals surface area contributed by atoms with Gasteiger partial charge in [-0.05, 0) is 48.7 Å². The molecule has 0 radical (unpaired) electrons. The highest BCUT2D eigenvalue weighted by Crippen LogP contribution is 2.26. The predicted molar refractivity (Wildman–Crippen MR) is 122 cm³/mol. The van der Waals surface area contributed by atoms with Crippen LogP contribution in [-0.4, -0.2) is 61.5 Å². The molecule has 3 unspecified atom stereocenters. The number of halogens is 2. The van der Waals surface area contributed by atoms with Crippen LogP contribution in [0.4, 0.5) is 0 Å². The topological polar surface area (TPSA) is 68.2 Å². The van der Waals surface area contributed by atoms with Crippen molar-refractivity contribution in [2.75, 3.05) is 33.4 Å². The SMILES string of the molecule is COC(=O)COc1ccc(CC(C)N2CCOC(C(O)c3cccc(Cl)c3)C2)cc1.Cl. The van der Waals surface area contributed by atoms with Gasteiger partial charge in [0.05, 0.1) is 13.7 Å². The van der Waals surface area contributed by atoms with Gasteiger partial charge >= 0.3 is 5.97 Å². The summed E-state index contributed by atoms with van der Waals surface area (Å²) in [5, 5.41) is 11.3. The molecule has 170 valence electrons. The highest BCUT2D eigenvalue weighted by atomic mass is 35.5. The largest absolute Gasteiger partial charge is 0.482 e. The van der Waals surface area contributed by atoms with Crippen molar-refractivity contribution in [2.24, 2.45) is 0 Å². The fourth-order valence-corrected chi connectivity index (χ4v) is 3.78. The van der Waals surface area contributed by atoms with Crippen LogP contribution in [0.3, 0.4) is 0 Å². The Labute approximate surface area is 194 Å². The third-order valence-electron chi connectivity index (χ3n) is 5.33. The van der Waals surface area contributed by atoms with Crippen LogP contribution in [0.5, 0.6) is 5.75 Å². The van der Waals surface area contributed by atoms with E-state index in [0.29, 0.717) is 23.9 Å². The fourth-order valence-electron chi connectivity index (χ4n) is 3.59. The monoisotopic (exact) mass is 469 g/mol. The lowest BCUT2D eigenvalue weighted by atomic mass is 10.0. The summed E-state index contributed by atoms with van der Waals surface area (Å²) in [6.07, 6.45) is -0.157. The summed E-state index contributed by atoms with van der Waals surface area (Å²) in [5.41, 5.74) is 1.94. The standard InChI is InChI=1S/C23H28ClNO5.ClH/c1-16(12-17-6-8-20(9-7-17)30-15-22(26)28-2)25-10-11-29-21(14-25)23(27)18-4-3-5-19(24)13-18;/h3-9,13,16,21,23,27H,10-12,14-15H2,1-2H3;1H. The number of hydrogen-bond acceptors (Lipinski definition) is 6. The van der Waals surface area contributed by atoms with Crippen LogP contribution in [0.25, 0.3) is 0 Å². The Morgan fingerprint density at radius 1 is 1.29 bits per heavy atom. The second-order valence-electron chi connectivity index (χ2n) is 7.47. The molecule has 3 atom stereocenters. The van der Waals surface area contributed by atoms with Crippen LogP contribution < -0.4 is 4.74 Å². The number of aliphatic hydroxyl groups is 1. The van der Waals surface area contributed by atoms with Crippen LogP contribution in [-0.2, 0) is 20.7 Å². The van der Waals surface area contributed by atoms with Crippen molar-refractivity contribution in [3.63, 3.8) is 0 Å². The Morgan fingerprint density at radius 3 is 2.71 bits per heavy atom. The Hall–Kier alpha value is -1.83. The van der Waals surface area contributed by atoms with Gasteiger partial charge in [0.1, 0.15) is 18.0 Å². The molecule has 0 amide bonds. The summed E-state index contributed by atoms with van der Waals surface area (Å²) in [6, 6.07) is 15.3. The van der Waals surface area contributed by atoms with Gasteiger partial charge in [0.25, 0.3) is 0 Å². The number of hydrogen-bond donors (Lipinski definition) is 1. The minimum absolute atomic E-state index is 0. The Balaban J connectivity index is 0.00000341. The lowest BCUT2D eigenvalue weighted by Gasteiger charge is -2.38. The molecule has 1 fully saturated rings. The second kappa shape index (κ2) is 12.3. The number of aliphatic hydroxyl groups excluding tert-OH is 1. The van der Waals surface area contributed by atoms with Crippen molar-refractivity contribution in [1.82, 2.24) is 4.90 Å². The van der Waals surface area contributed by atoms with Crippen LogP contribution in [0.15, 0.2) is 48.5 Å². The van der Waals surface area contributed by atoms with E-state index in [1.165, 1.54) is 12.7 Å². The highest BCUT2D eigenvalue weighted by Gasteiger charge is 2.30. The Morgan fingerprint density at radius 2 is 2.03 bits per heavy atom. The van der Waals surface area contributed by atoms with Crippen LogP contribution in [0, 0.1) is 0 Å². The molecule has 0 aromatic heterocycles. The second-order valence-corrected chi connectivity index (χ2v) is 7.90. The molecule has 8 heteroatoms. The van der Waals surface area contributed by atoms with Crippen molar-refractivity contribution >= 4 is 30.0 Å². The molecule has 1 saturated heterocycles. The molecule has 1 heterocycles. The molecular weight excluding hydrogens is 441 g/mol. The van der Waals surface area contributed by atoms with Crippen molar-refractivity contribution < 1.29 is 24.1 Å². The summed E-state index contributed by atoms with van der Waals surface area (Å²) >= 11 is 6.06. The number of rotatable bonds is 8. The van der Waals surface area contributed by atoms with Gasteiger partial charge in [0, 0.05) is 24.2 Å². The summed E-state index contributed by atoms with van der Waals surface area (Å²) in [6.45, 7) is 4.12. The number of carbonyl (C=O) groups excluding carboxylic acids is 1. The van der Waals surface area contributed by atoms with E-state index in [1.54, 1.807) is 12.1 Å². The normalized spacial score (nSPS) is 18.5. The Kier molecular flexibility index (Phi) is 10.1. The number of methoxy groups -OCH3 is 1. The first-order chi connectivity index (χ1) is 14.5. The molecule has 0 aliphatic carbocycles. The third-order valence-corrected chi connectivity index (χ3v) is 5.56. The van der Waals surface area contributed by atoms with E-state index < -0.39 is 12.1 Å². The summed E-state index contributed by atoms with van der Waals surface area (Å²) in [5.74, 6) is 0.224. The van der Waals surface area contributed by atoms with E-state index >= 15 is 0 Å². The number of ether oxygens (including phenoxy) is 3. The molecule has 31 heavy (non-hydrogen) atoms. The molecule has 0 spiro atoms. The lowest BCUT2D eigenvalue weighted by molar-refractivity contribution is -0.142. The van der Waals surface area contributed by atoms with E-state index in [-0.39, 0.29) is 31.2 Å². The van der Waals surface area contributed by atoms with Gasteiger partial charge in [0.2, 0.25) is 0 Å². The average molecular weight is 470 g/mol. The fraction of sp³-hybridized carbons (Fsp3) is 0.435. The number of nitrogens with zero attached hydrogens (tertiary/aromatic N) is 1. The van der Waals surface area contributed by atoms with Gasteiger partial charge in [-0.3, -0.25) is 4.90 Å². The third kappa shape index (κ3) is 7.37. The zero-order chi connectivity index (χ0) is 21.5. The predicted octanol–water partition coefficient (Wildman–Crippen LogP) is 3.68. The van der Waals surface area contributed by atoms with Gasteiger partial charge in [-0.2, -0.15) is 0 Å². The Bertz CT molecular complexity index is 833. The highest BCUT2D eigenvalue weighted by molar-refractivity contribution is 6.30. The summed E-state index contributed by atoms with van der Waals surface area (Å²) < 4.78 is 15.8. The first-order valence-corrected chi connectivity index (χ1v) is 10.4. The molecule has 0 bridgehead atoms. The minimum Gasteiger partial charge on any atom is -0.482 e. The quantitative estimate of drug-likeness (QED) is 0.594.